The quantitative estimate of drug-likeness (QED) is 0.735. The molecule has 23 heavy (non-hydrogen) atoms. The van der Waals surface area contributed by atoms with Crippen LogP contribution >= 0.6 is 0 Å². The topological polar surface area (TPSA) is 78.8 Å². The number of nitrogens with one attached hydrogen (secondary N) is 1. The van der Waals surface area contributed by atoms with Gasteiger partial charge in [-0.1, -0.05) is 36.4 Å². The molecule has 0 radical (unpaired) electrons. The first kappa shape index (κ1) is 14.2. The standard InChI is InChI=1S/C18H17NO4/c1-3-23-16(20)15-10(2)19-18(22)13-9-5-7-11-6-4-8-12(14(11)13)17(15,18)21/h4-9,19,21-22H,3H2,1-2H3. The van der Waals surface area contributed by atoms with Gasteiger partial charge in [0.1, 0.15) is 0 Å². The lowest BCUT2D eigenvalue weighted by atomic mass is 9.83. The summed E-state index contributed by atoms with van der Waals surface area (Å²) < 4.78 is 5.10. The monoisotopic (exact) mass is 311 g/mol. The molecular formula is C18H17NO4. The van der Waals surface area contributed by atoms with Gasteiger partial charge in [0.15, 0.2) is 5.60 Å². The van der Waals surface area contributed by atoms with Crippen LogP contribution in [-0.4, -0.2) is 22.8 Å². The van der Waals surface area contributed by atoms with Gasteiger partial charge >= 0.3 is 5.97 Å². The Hall–Kier alpha value is -2.37. The van der Waals surface area contributed by atoms with E-state index >= 15 is 0 Å². The van der Waals surface area contributed by atoms with Crippen LogP contribution in [0, 0.1) is 0 Å². The molecule has 0 fully saturated rings. The number of ether oxygens (including phenoxy) is 1. The number of rotatable bonds is 2. The summed E-state index contributed by atoms with van der Waals surface area (Å²) in [5, 5.41) is 27.3. The van der Waals surface area contributed by atoms with Crippen molar-refractivity contribution in [3.63, 3.8) is 0 Å². The van der Waals surface area contributed by atoms with Crippen LogP contribution in [-0.2, 0) is 20.9 Å². The Kier molecular flexibility index (Phi) is 2.69. The molecule has 118 valence electrons. The molecule has 4 rings (SSSR count). The van der Waals surface area contributed by atoms with Gasteiger partial charge in [-0.2, -0.15) is 0 Å². The molecule has 5 nitrogen and oxygen atoms in total. The average Bonchev–Trinajstić information content (AvgIpc) is 2.84. The molecule has 2 aromatic rings. The summed E-state index contributed by atoms with van der Waals surface area (Å²) in [6.45, 7) is 3.56. The van der Waals surface area contributed by atoms with Crippen LogP contribution in [0.25, 0.3) is 10.8 Å². The number of hydrogen-bond donors (Lipinski definition) is 3. The summed E-state index contributed by atoms with van der Waals surface area (Å²) in [5.41, 5.74) is -2.09. The van der Waals surface area contributed by atoms with E-state index in [0.717, 1.165) is 10.8 Å². The molecule has 5 heteroatoms. The Morgan fingerprint density at radius 2 is 1.83 bits per heavy atom. The Morgan fingerprint density at radius 3 is 2.48 bits per heavy atom. The van der Waals surface area contributed by atoms with Crippen molar-refractivity contribution < 1.29 is 19.7 Å². The molecule has 0 amide bonds. The number of carbonyl (C=O) groups is 1. The van der Waals surface area contributed by atoms with E-state index < -0.39 is 17.3 Å². The van der Waals surface area contributed by atoms with Gasteiger partial charge in [-0.3, -0.25) is 0 Å². The van der Waals surface area contributed by atoms with Gasteiger partial charge in [-0.05, 0) is 24.6 Å². The Labute approximate surface area is 133 Å². The molecule has 0 bridgehead atoms. The first-order chi connectivity index (χ1) is 10.9. The second kappa shape index (κ2) is 4.34. The van der Waals surface area contributed by atoms with Crippen molar-refractivity contribution in [1.29, 1.82) is 0 Å². The van der Waals surface area contributed by atoms with Gasteiger partial charge in [0.2, 0.25) is 5.72 Å². The van der Waals surface area contributed by atoms with Gasteiger partial charge in [-0.15, -0.1) is 0 Å². The second-order valence-electron chi connectivity index (χ2n) is 5.98. The summed E-state index contributed by atoms with van der Waals surface area (Å²) >= 11 is 0. The van der Waals surface area contributed by atoms with Crippen molar-refractivity contribution in [2.75, 3.05) is 6.61 Å². The van der Waals surface area contributed by atoms with Crippen molar-refractivity contribution in [1.82, 2.24) is 5.32 Å². The number of hydrogen-bond acceptors (Lipinski definition) is 5. The van der Waals surface area contributed by atoms with Crippen molar-refractivity contribution in [3.05, 3.63) is 58.8 Å². The summed E-state index contributed by atoms with van der Waals surface area (Å²) in [6, 6.07) is 11.0. The second-order valence-corrected chi connectivity index (χ2v) is 5.98. The van der Waals surface area contributed by atoms with Crippen LogP contribution in [0.4, 0.5) is 0 Å². The highest BCUT2D eigenvalue weighted by Crippen LogP contribution is 2.57. The number of aliphatic hydroxyl groups is 2. The van der Waals surface area contributed by atoms with Crippen LogP contribution in [0.2, 0.25) is 0 Å². The van der Waals surface area contributed by atoms with E-state index in [1.165, 1.54) is 0 Å². The number of carbonyl (C=O) groups excluding carboxylic acids is 1. The van der Waals surface area contributed by atoms with Gasteiger partial charge in [0, 0.05) is 16.8 Å². The first-order valence-corrected chi connectivity index (χ1v) is 7.59. The summed E-state index contributed by atoms with van der Waals surface area (Å²) in [7, 11) is 0. The average molecular weight is 311 g/mol. The maximum absolute atomic E-state index is 12.4. The lowest BCUT2D eigenvalue weighted by Crippen LogP contribution is -2.51. The fourth-order valence-corrected chi connectivity index (χ4v) is 3.92. The van der Waals surface area contributed by atoms with E-state index in [4.69, 9.17) is 4.74 Å². The lowest BCUT2D eigenvalue weighted by Gasteiger charge is -2.34. The van der Waals surface area contributed by atoms with Crippen LogP contribution < -0.4 is 5.32 Å². The summed E-state index contributed by atoms with van der Waals surface area (Å²) in [5.74, 6) is -0.624. The minimum atomic E-state index is -1.87. The zero-order valence-electron chi connectivity index (χ0n) is 12.9. The van der Waals surface area contributed by atoms with Crippen LogP contribution in [0.15, 0.2) is 47.7 Å². The Balaban J connectivity index is 2.05. The molecule has 0 aromatic heterocycles. The number of allylic oxidation sites excluding steroid dienone is 1. The SMILES string of the molecule is CCOC(=O)C1=C(C)NC2(O)c3cccc4cccc(c34)C12O. The highest BCUT2D eigenvalue weighted by molar-refractivity contribution is 6.00. The molecule has 1 aliphatic heterocycles. The predicted molar refractivity (Wildman–Crippen MR) is 84.2 cm³/mol. The van der Waals surface area contributed by atoms with E-state index in [1.54, 1.807) is 26.0 Å². The molecular weight excluding hydrogens is 294 g/mol. The van der Waals surface area contributed by atoms with Crippen LogP contribution in [0.3, 0.4) is 0 Å². The normalized spacial score (nSPS) is 28.0. The molecule has 0 saturated heterocycles. The third kappa shape index (κ3) is 1.46. The molecule has 3 N–H and O–H groups in total. The maximum Gasteiger partial charge on any atom is 0.339 e. The number of fused-ring (bicyclic) bond motifs is 3. The molecule has 1 aliphatic carbocycles. The minimum Gasteiger partial charge on any atom is -0.462 e. The Bertz CT molecular complexity index is 882. The van der Waals surface area contributed by atoms with Crippen molar-refractivity contribution >= 4 is 16.7 Å². The van der Waals surface area contributed by atoms with E-state index in [2.05, 4.69) is 5.32 Å². The Morgan fingerprint density at radius 1 is 1.17 bits per heavy atom. The highest BCUT2D eigenvalue weighted by atomic mass is 16.5. The molecule has 2 aliphatic rings. The number of benzene rings is 2. The van der Waals surface area contributed by atoms with Crippen LogP contribution in [0.5, 0.6) is 0 Å². The zero-order valence-corrected chi connectivity index (χ0v) is 12.9. The molecule has 0 saturated carbocycles. The lowest BCUT2D eigenvalue weighted by molar-refractivity contribution is -0.156. The smallest absolute Gasteiger partial charge is 0.339 e. The van der Waals surface area contributed by atoms with Gasteiger partial charge in [0.25, 0.3) is 0 Å². The van der Waals surface area contributed by atoms with Gasteiger partial charge in [-0.25, -0.2) is 4.79 Å². The summed E-state index contributed by atoms with van der Waals surface area (Å²) in [4.78, 5) is 12.4. The zero-order chi connectivity index (χ0) is 16.4. The fraction of sp³-hybridized carbons (Fsp3) is 0.278. The van der Waals surface area contributed by atoms with E-state index in [9.17, 15) is 15.0 Å². The maximum atomic E-state index is 12.4. The first-order valence-electron chi connectivity index (χ1n) is 7.59. The van der Waals surface area contributed by atoms with Crippen molar-refractivity contribution in [2.45, 2.75) is 25.2 Å². The third-order valence-electron chi connectivity index (χ3n) is 4.79. The summed E-state index contributed by atoms with van der Waals surface area (Å²) in [6.07, 6.45) is 0. The highest BCUT2D eigenvalue weighted by Gasteiger charge is 2.66. The van der Waals surface area contributed by atoms with Crippen molar-refractivity contribution in [3.8, 4) is 0 Å². The predicted octanol–water partition coefficient (Wildman–Crippen LogP) is 1.63. The van der Waals surface area contributed by atoms with Gasteiger partial charge in [0.05, 0.1) is 12.2 Å². The molecule has 2 aromatic carbocycles. The van der Waals surface area contributed by atoms with Gasteiger partial charge < -0.3 is 20.3 Å². The van der Waals surface area contributed by atoms with E-state index in [-0.39, 0.29) is 12.2 Å². The minimum absolute atomic E-state index is 0.0607. The van der Waals surface area contributed by atoms with E-state index in [1.807, 2.05) is 24.3 Å². The van der Waals surface area contributed by atoms with Crippen molar-refractivity contribution in [2.24, 2.45) is 0 Å². The van der Waals surface area contributed by atoms with E-state index in [0.29, 0.717) is 16.8 Å². The molecule has 2 unspecified atom stereocenters. The largest absolute Gasteiger partial charge is 0.462 e. The fourth-order valence-electron chi connectivity index (χ4n) is 3.92. The third-order valence-corrected chi connectivity index (χ3v) is 4.79. The van der Waals surface area contributed by atoms with Crippen LogP contribution in [0.1, 0.15) is 25.0 Å². The molecule has 1 heterocycles. The number of esters is 1. The molecule has 0 spiro atoms. The molecule has 2 atom stereocenters.